The van der Waals surface area contributed by atoms with Crippen molar-refractivity contribution >= 4 is 46.4 Å². The number of carbonyl (C=O) groups is 4. The van der Waals surface area contributed by atoms with Crippen molar-refractivity contribution in [2.75, 3.05) is 39.3 Å². The van der Waals surface area contributed by atoms with Gasteiger partial charge in [-0.25, -0.2) is 29.1 Å². The molecule has 6 aromatic rings. The summed E-state index contributed by atoms with van der Waals surface area (Å²) in [6.07, 6.45) is -0.451. The van der Waals surface area contributed by atoms with E-state index < -0.39 is 47.7 Å². The van der Waals surface area contributed by atoms with E-state index in [1.165, 1.54) is 0 Å². The van der Waals surface area contributed by atoms with Crippen LogP contribution >= 0.6 is 0 Å². The molecular formula is C50H58N8O8. The highest BCUT2D eigenvalue weighted by Crippen LogP contribution is 2.31. The molecule has 0 radical (unpaired) electrons. The van der Waals surface area contributed by atoms with Crippen molar-refractivity contribution in [1.29, 1.82) is 0 Å². The van der Waals surface area contributed by atoms with E-state index in [1.807, 2.05) is 126 Å². The number of carbonyl (C=O) groups excluding carboxylic acids is 4. The first kappa shape index (κ1) is 45.5. The Balaban J connectivity index is 0.973. The van der Waals surface area contributed by atoms with Crippen molar-refractivity contribution in [3.8, 4) is 0 Å². The fourth-order valence-electron chi connectivity index (χ4n) is 8.12. The van der Waals surface area contributed by atoms with Crippen molar-refractivity contribution in [2.45, 2.75) is 90.9 Å². The van der Waals surface area contributed by atoms with Gasteiger partial charge in [-0.05, 0) is 101 Å². The summed E-state index contributed by atoms with van der Waals surface area (Å²) in [6, 6.07) is 30.0. The molecule has 0 saturated carbocycles. The van der Waals surface area contributed by atoms with Crippen molar-refractivity contribution < 1.29 is 38.1 Å². The van der Waals surface area contributed by atoms with Crippen molar-refractivity contribution in [3.05, 3.63) is 131 Å². The number of hydrogen-bond donors (Lipinski definition) is 2. The lowest BCUT2D eigenvalue weighted by Gasteiger charge is -2.40. The van der Waals surface area contributed by atoms with Crippen molar-refractivity contribution in [2.24, 2.45) is 0 Å². The molecule has 2 fully saturated rings. The number of ether oxygens (including phenoxy) is 4. The zero-order valence-electron chi connectivity index (χ0n) is 38.4. The number of nitrogens with one attached hydrogen (secondary N) is 2. The van der Waals surface area contributed by atoms with Gasteiger partial charge in [-0.2, -0.15) is 0 Å². The van der Waals surface area contributed by atoms with Crippen LogP contribution < -0.4 is 0 Å². The fraction of sp³-hybridized carbons (Fsp3) is 0.400. The summed E-state index contributed by atoms with van der Waals surface area (Å²) in [5.41, 5.74) is 5.62. The minimum absolute atomic E-state index is 0.121. The fourth-order valence-corrected chi connectivity index (χ4v) is 8.12. The Hall–Kier alpha value is -7.10. The first-order valence-corrected chi connectivity index (χ1v) is 22.4. The average molecular weight is 899 g/mol. The number of amides is 4. The molecule has 2 saturated heterocycles. The minimum Gasteiger partial charge on any atom is -0.445 e. The zero-order chi connectivity index (χ0) is 46.6. The van der Waals surface area contributed by atoms with Crippen LogP contribution in [0.25, 0.3) is 22.1 Å². The van der Waals surface area contributed by atoms with E-state index in [0.29, 0.717) is 18.1 Å². The Morgan fingerprint density at radius 1 is 0.530 bits per heavy atom. The number of hydrogen-bond acceptors (Lipinski definition) is 10. The van der Waals surface area contributed by atoms with Gasteiger partial charge in [0.2, 0.25) is 0 Å². The summed E-state index contributed by atoms with van der Waals surface area (Å²) in [6.45, 7) is 12.6. The first-order chi connectivity index (χ1) is 31.5. The highest BCUT2D eigenvalue weighted by molar-refractivity contribution is 5.78. The van der Waals surface area contributed by atoms with Gasteiger partial charge in [0.05, 0.1) is 35.2 Å². The van der Waals surface area contributed by atoms with Crippen LogP contribution in [0.1, 0.15) is 87.5 Å². The molecule has 16 nitrogen and oxygen atoms in total. The molecule has 2 aliphatic heterocycles. The molecule has 2 N–H and O–H groups in total. The maximum absolute atomic E-state index is 13.6. The van der Waals surface area contributed by atoms with E-state index in [-0.39, 0.29) is 52.5 Å². The average Bonchev–Trinajstić information content (AvgIpc) is 3.93. The molecule has 66 heavy (non-hydrogen) atoms. The molecule has 0 bridgehead atoms. The number of imidazole rings is 2. The lowest BCUT2D eigenvalue weighted by molar-refractivity contribution is -0.000390. The van der Waals surface area contributed by atoms with E-state index in [9.17, 15) is 19.2 Å². The molecule has 2 atom stereocenters. The lowest BCUT2D eigenvalue weighted by atomic mass is 10.0. The van der Waals surface area contributed by atoms with E-state index in [0.717, 1.165) is 50.7 Å². The van der Waals surface area contributed by atoms with Crippen LogP contribution in [0.4, 0.5) is 19.2 Å². The molecule has 4 amide bonds. The summed E-state index contributed by atoms with van der Waals surface area (Å²) in [5.74, 6) is 1.09. The van der Waals surface area contributed by atoms with Gasteiger partial charge in [0.1, 0.15) is 48.1 Å². The number of rotatable bonds is 9. The van der Waals surface area contributed by atoms with E-state index >= 15 is 0 Å². The van der Waals surface area contributed by atoms with Crippen LogP contribution in [-0.4, -0.2) is 114 Å². The van der Waals surface area contributed by atoms with Crippen LogP contribution in [0.3, 0.4) is 0 Å². The highest BCUT2D eigenvalue weighted by Gasteiger charge is 2.39. The number of aromatic amines is 2. The van der Waals surface area contributed by atoms with Crippen LogP contribution in [-0.2, 0) is 45.0 Å². The Morgan fingerprint density at radius 3 is 1.48 bits per heavy atom. The third-order valence-electron chi connectivity index (χ3n) is 11.4. The van der Waals surface area contributed by atoms with Crippen molar-refractivity contribution in [1.82, 2.24) is 39.5 Å². The molecule has 0 aliphatic carbocycles. The Kier molecular flexibility index (Phi) is 13.2. The first-order valence-electron chi connectivity index (χ1n) is 22.4. The normalized spacial score (nSPS) is 16.9. The predicted molar refractivity (Wildman–Crippen MR) is 247 cm³/mol. The standard InChI is InChI=1S/C50H58N8O8/c1-49(2,3)65-45(59)55-23-25-57(47(61)63-31-35-13-9-7-10-14-35)41(29-55)43-51-37-21-19-33(27-39(37)53-43)17-18-34-20-22-38-40(28-34)54-44(52-38)42-30-56(46(60)66-50(4,5)6)24-26-58(42)48(62)64-32-36-15-11-8-12-16-36/h7-16,19-22,27-28,41-42H,17-18,23-26,29-32H2,1-6H3,(H,51,53)(H,52,54). The zero-order valence-corrected chi connectivity index (χ0v) is 38.4. The molecule has 16 heteroatoms. The maximum atomic E-state index is 13.6. The number of H-pyrrole nitrogens is 2. The van der Waals surface area contributed by atoms with Gasteiger partial charge < -0.3 is 38.7 Å². The van der Waals surface area contributed by atoms with E-state index in [4.69, 9.17) is 28.9 Å². The number of benzene rings is 4. The smallest absolute Gasteiger partial charge is 0.410 e. The summed E-state index contributed by atoms with van der Waals surface area (Å²) in [5, 5.41) is 0. The Labute approximate surface area is 384 Å². The third kappa shape index (κ3) is 11.2. The van der Waals surface area contributed by atoms with Gasteiger partial charge in [-0.3, -0.25) is 9.80 Å². The number of fused-ring (bicyclic) bond motifs is 2. The van der Waals surface area contributed by atoms with Crippen LogP contribution in [0, 0.1) is 0 Å². The second-order valence-corrected chi connectivity index (χ2v) is 18.8. The number of piperazine rings is 2. The topological polar surface area (TPSA) is 176 Å². The largest absolute Gasteiger partial charge is 0.445 e. The van der Waals surface area contributed by atoms with Gasteiger partial charge in [-0.1, -0.05) is 72.8 Å². The molecule has 4 aromatic carbocycles. The summed E-state index contributed by atoms with van der Waals surface area (Å²) in [7, 11) is 0. The molecule has 4 heterocycles. The van der Waals surface area contributed by atoms with Gasteiger partial charge in [0.15, 0.2) is 0 Å². The molecule has 2 aromatic heterocycles. The number of nitrogens with zero attached hydrogens (tertiary/aromatic N) is 6. The minimum atomic E-state index is -0.675. The summed E-state index contributed by atoms with van der Waals surface area (Å²) in [4.78, 5) is 76.8. The molecule has 0 spiro atoms. The van der Waals surface area contributed by atoms with Gasteiger partial charge in [-0.15, -0.1) is 0 Å². The Morgan fingerprint density at radius 2 is 0.985 bits per heavy atom. The predicted octanol–water partition coefficient (Wildman–Crippen LogP) is 9.09. The third-order valence-corrected chi connectivity index (χ3v) is 11.4. The maximum Gasteiger partial charge on any atom is 0.410 e. The van der Waals surface area contributed by atoms with E-state index in [1.54, 1.807) is 19.6 Å². The van der Waals surface area contributed by atoms with Crippen LogP contribution in [0.5, 0.6) is 0 Å². The molecular weight excluding hydrogens is 841 g/mol. The summed E-state index contributed by atoms with van der Waals surface area (Å²) < 4.78 is 22.9. The van der Waals surface area contributed by atoms with Gasteiger partial charge in [0.25, 0.3) is 0 Å². The monoisotopic (exact) mass is 898 g/mol. The Bertz CT molecular complexity index is 2490. The van der Waals surface area contributed by atoms with Crippen LogP contribution in [0.2, 0.25) is 0 Å². The lowest BCUT2D eigenvalue weighted by Crippen LogP contribution is -2.53. The van der Waals surface area contributed by atoms with Gasteiger partial charge >= 0.3 is 24.4 Å². The quantitative estimate of drug-likeness (QED) is 0.133. The second kappa shape index (κ2) is 19.2. The van der Waals surface area contributed by atoms with E-state index in [2.05, 4.69) is 22.1 Å². The van der Waals surface area contributed by atoms with Crippen molar-refractivity contribution in [3.63, 3.8) is 0 Å². The second-order valence-electron chi connectivity index (χ2n) is 18.8. The molecule has 8 rings (SSSR count). The number of aryl methyl sites for hydroxylation is 2. The summed E-state index contributed by atoms with van der Waals surface area (Å²) >= 11 is 0. The molecule has 2 aliphatic rings. The number of aromatic nitrogens is 4. The molecule has 346 valence electrons. The SMILES string of the molecule is CC(C)(C)OC(=O)N1CCN(C(=O)OCc2ccccc2)C(c2nc3cc(CCc4ccc5nc(C6CN(C(=O)OC(C)(C)C)CCN6C(=O)OCc6ccccc6)[nH]c5c4)ccc3[nH]2)C1. The highest BCUT2D eigenvalue weighted by atomic mass is 16.6. The van der Waals surface area contributed by atoms with Gasteiger partial charge in [0, 0.05) is 26.2 Å². The molecule has 2 unspecified atom stereocenters. The van der Waals surface area contributed by atoms with Crippen LogP contribution in [0.15, 0.2) is 97.1 Å².